The third kappa shape index (κ3) is 8.78. The van der Waals surface area contributed by atoms with Crippen molar-refractivity contribution in [2.24, 2.45) is 0 Å². The molecule has 0 radical (unpaired) electrons. The lowest BCUT2D eigenvalue weighted by atomic mass is 10.1. The molecule has 0 bridgehead atoms. The summed E-state index contributed by atoms with van der Waals surface area (Å²) < 4.78 is 26.2. The first kappa shape index (κ1) is 33.2. The Kier molecular flexibility index (Phi) is 10.9. The fourth-order valence-electron chi connectivity index (χ4n) is 4.41. The molecule has 5 rings (SSSR count). The van der Waals surface area contributed by atoms with Gasteiger partial charge < -0.3 is 25.1 Å². The second kappa shape index (κ2) is 15.4. The van der Waals surface area contributed by atoms with Gasteiger partial charge in [0.2, 0.25) is 5.91 Å². The zero-order valence-electron chi connectivity index (χ0n) is 25.3. The van der Waals surface area contributed by atoms with E-state index in [2.05, 4.69) is 31.9 Å². The first-order chi connectivity index (χ1) is 22.7. The van der Waals surface area contributed by atoms with Gasteiger partial charge in [0.05, 0.1) is 23.6 Å². The first-order valence-electron chi connectivity index (χ1n) is 14.4. The van der Waals surface area contributed by atoms with Gasteiger partial charge in [0.1, 0.15) is 28.8 Å². The first-order valence-corrected chi connectivity index (χ1v) is 16.0. The Bertz CT molecular complexity index is 1930. The highest BCUT2D eigenvalue weighted by molar-refractivity contribution is 9.10. The number of carbonyl (C=O) groups excluding carboxylic acids is 3. The van der Waals surface area contributed by atoms with Crippen molar-refractivity contribution >= 4 is 62.9 Å². The number of anilines is 2. The van der Waals surface area contributed by atoms with Crippen LogP contribution in [-0.2, 0) is 9.59 Å². The molecule has 1 atom stereocenters. The highest BCUT2D eigenvalue weighted by atomic mass is 79.9. The van der Waals surface area contributed by atoms with Crippen molar-refractivity contribution in [1.82, 2.24) is 5.32 Å². The Labute approximate surface area is 283 Å². The highest BCUT2D eigenvalue weighted by Crippen LogP contribution is 2.32. The minimum absolute atomic E-state index is 0.0382. The van der Waals surface area contributed by atoms with Crippen molar-refractivity contribution < 1.29 is 27.9 Å². The number of hydrogen-bond acceptors (Lipinski definition) is 6. The summed E-state index contributed by atoms with van der Waals surface area (Å²) in [6.07, 6.45) is 1.45. The number of carbonyl (C=O) groups is 3. The Hall–Kier alpha value is -5.13. The largest absolute Gasteiger partial charge is 0.496 e. The lowest BCUT2D eigenvalue weighted by Crippen LogP contribution is -2.30. The lowest BCUT2D eigenvalue weighted by Gasteiger charge is -2.14. The monoisotopic (exact) mass is 713 g/mol. The van der Waals surface area contributed by atoms with E-state index in [0.29, 0.717) is 33.0 Å². The van der Waals surface area contributed by atoms with E-state index in [1.807, 2.05) is 24.3 Å². The maximum absolute atomic E-state index is 14.2. The van der Waals surface area contributed by atoms with Gasteiger partial charge in [-0.2, -0.15) is 0 Å². The van der Waals surface area contributed by atoms with Crippen LogP contribution in [0.5, 0.6) is 5.75 Å². The van der Waals surface area contributed by atoms with E-state index >= 15 is 0 Å². The second-order valence-electron chi connectivity index (χ2n) is 10.1. The van der Waals surface area contributed by atoms with Gasteiger partial charge in [-0.15, -0.1) is 11.8 Å². The molecule has 8 nitrogen and oxygen atoms in total. The molecule has 0 aliphatic heterocycles. The van der Waals surface area contributed by atoms with Crippen molar-refractivity contribution in [3.63, 3.8) is 0 Å². The van der Waals surface area contributed by atoms with E-state index in [1.165, 1.54) is 30.0 Å². The van der Waals surface area contributed by atoms with Crippen LogP contribution < -0.4 is 20.7 Å². The van der Waals surface area contributed by atoms with E-state index in [0.717, 1.165) is 10.5 Å². The average Bonchev–Trinajstić information content (AvgIpc) is 3.55. The maximum atomic E-state index is 14.2. The lowest BCUT2D eigenvalue weighted by molar-refractivity contribution is -0.115. The summed E-state index contributed by atoms with van der Waals surface area (Å²) in [4.78, 5) is 39.9. The van der Waals surface area contributed by atoms with Crippen LogP contribution in [0.25, 0.3) is 17.4 Å². The standard InChI is InChI=1S/C36H29BrFN3O5S/c1-22(34(42)40-30-18-12-24(37)20-29(30)38)47-27-16-13-25(14-17-27)39-36(44)31(41-35(43)23-8-4-3-5-9-23)21-26-15-19-33(46-26)28-10-6-7-11-32(28)45-2/h3-22H,1-2H3,(H,39,44)(H,40,42)(H,41,43). The summed E-state index contributed by atoms with van der Waals surface area (Å²) in [7, 11) is 1.57. The quantitative estimate of drug-likeness (QED) is 0.0937. The van der Waals surface area contributed by atoms with Gasteiger partial charge in [-0.05, 0) is 85.8 Å². The third-order valence-corrected chi connectivity index (χ3v) is 8.40. The molecule has 238 valence electrons. The van der Waals surface area contributed by atoms with Crippen molar-refractivity contribution in [3.8, 4) is 17.1 Å². The van der Waals surface area contributed by atoms with E-state index in [9.17, 15) is 18.8 Å². The van der Waals surface area contributed by atoms with E-state index in [-0.39, 0.29) is 17.3 Å². The average molecular weight is 715 g/mol. The van der Waals surface area contributed by atoms with Gasteiger partial charge in [-0.1, -0.05) is 46.3 Å². The van der Waals surface area contributed by atoms with Crippen LogP contribution >= 0.6 is 27.7 Å². The van der Waals surface area contributed by atoms with Gasteiger partial charge in [-0.3, -0.25) is 14.4 Å². The smallest absolute Gasteiger partial charge is 0.272 e. The Morgan fingerprint density at radius 1 is 0.894 bits per heavy atom. The molecule has 0 saturated carbocycles. The van der Waals surface area contributed by atoms with Gasteiger partial charge in [0.25, 0.3) is 11.8 Å². The number of benzene rings is 4. The summed E-state index contributed by atoms with van der Waals surface area (Å²) in [5.41, 5.74) is 1.63. The number of amides is 3. The van der Waals surface area contributed by atoms with E-state index in [1.54, 1.807) is 86.8 Å². The molecule has 1 unspecified atom stereocenters. The molecule has 1 aromatic heterocycles. The Morgan fingerprint density at radius 3 is 2.34 bits per heavy atom. The number of furan rings is 1. The number of thioether (sulfide) groups is 1. The molecular weight excluding hydrogens is 685 g/mol. The predicted molar refractivity (Wildman–Crippen MR) is 186 cm³/mol. The zero-order chi connectivity index (χ0) is 33.3. The van der Waals surface area contributed by atoms with Crippen LogP contribution in [0, 0.1) is 5.82 Å². The van der Waals surface area contributed by atoms with Gasteiger partial charge >= 0.3 is 0 Å². The molecule has 0 aliphatic carbocycles. The summed E-state index contributed by atoms with van der Waals surface area (Å²) in [6, 6.07) is 30.7. The minimum Gasteiger partial charge on any atom is -0.496 e. The molecule has 1 heterocycles. The minimum atomic E-state index is -0.575. The van der Waals surface area contributed by atoms with Crippen molar-refractivity contribution in [2.45, 2.75) is 17.1 Å². The van der Waals surface area contributed by atoms with Crippen LogP contribution in [0.3, 0.4) is 0 Å². The predicted octanol–water partition coefficient (Wildman–Crippen LogP) is 8.39. The molecule has 0 saturated heterocycles. The Balaban J connectivity index is 1.30. The molecule has 0 fully saturated rings. The van der Waals surface area contributed by atoms with Crippen molar-refractivity contribution in [1.29, 1.82) is 0 Å². The van der Waals surface area contributed by atoms with Crippen LogP contribution in [0.4, 0.5) is 15.8 Å². The molecule has 0 aliphatic rings. The SMILES string of the molecule is COc1ccccc1-c1ccc(C=C(NC(=O)c2ccccc2)C(=O)Nc2ccc(SC(C)C(=O)Nc3ccc(Br)cc3F)cc2)o1. The molecule has 3 N–H and O–H groups in total. The summed E-state index contributed by atoms with van der Waals surface area (Å²) in [5, 5.41) is 7.57. The fourth-order valence-corrected chi connectivity index (χ4v) is 5.61. The molecule has 3 amide bonds. The van der Waals surface area contributed by atoms with Crippen molar-refractivity contribution in [2.75, 3.05) is 17.7 Å². The fraction of sp³-hybridized carbons (Fsp3) is 0.0833. The molecule has 0 spiro atoms. The van der Waals surface area contributed by atoms with Crippen LogP contribution in [0.15, 0.2) is 129 Å². The molecule has 4 aromatic carbocycles. The second-order valence-corrected chi connectivity index (χ2v) is 12.5. The van der Waals surface area contributed by atoms with E-state index < -0.39 is 22.9 Å². The number of ether oxygens (including phenoxy) is 1. The number of halogens is 2. The number of methoxy groups -OCH3 is 1. The van der Waals surface area contributed by atoms with Crippen LogP contribution in [-0.4, -0.2) is 30.1 Å². The number of nitrogens with one attached hydrogen (secondary N) is 3. The number of hydrogen-bond donors (Lipinski definition) is 3. The van der Waals surface area contributed by atoms with Crippen LogP contribution in [0.2, 0.25) is 0 Å². The summed E-state index contributed by atoms with van der Waals surface area (Å²) >= 11 is 4.48. The number of para-hydroxylation sites is 1. The normalized spacial score (nSPS) is 11.8. The van der Waals surface area contributed by atoms with Gasteiger partial charge in [0.15, 0.2) is 0 Å². The topological polar surface area (TPSA) is 110 Å². The third-order valence-electron chi connectivity index (χ3n) is 6.80. The molecule has 47 heavy (non-hydrogen) atoms. The summed E-state index contributed by atoms with van der Waals surface area (Å²) in [6.45, 7) is 1.72. The molecular formula is C36H29BrFN3O5S. The Morgan fingerprint density at radius 2 is 1.62 bits per heavy atom. The highest BCUT2D eigenvalue weighted by Gasteiger charge is 2.19. The number of rotatable bonds is 11. The van der Waals surface area contributed by atoms with Gasteiger partial charge in [-0.25, -0.2) is 4.39 Å². The molecule has 11 heteroatoms. The molecule has 5 aromatic rings. The maximum Gasteiger partial charge on any atom is 0.272 e. The van der Waals surface area contributed by atoms with E-state index in [4.69, 9.17) is 9.15 Å². The summed E-state index contributed by atoms with van der Waals surface area (Å²) in [5.74, 6) is -0.443. The zero-order valence-corrected chi connectivity index (χ0v) is 27.7. The van der Waals surface area contributed by atoms with Crippen molar-refractivity contribution in [3.05, 3.63) is 137 Å². The van der Waals surface area contributed by atoms with Crippen LogP contribution in [0.1, 0.15) is 23.0 Å². The van der Waals surface area contributed by atoms with Gasteiger partial charge in [0, 0.05) is 26.7 Å².